The van der Waals surface area contributed by atoms with Gasteiger partial charge in [0.1, 0.15) is 5.82 Å². The predicted molar refractivity (Wildman–Crippen MR) is 128 cm³/mol. The highest BCUT2D eigenvalue weighted by Crippen LogP contribution is 2.32. The molecule has 8 heteroatoms. The number of nitrogens with zero attached hydrogens (tertiary/aromatic N) is 4. The van der Waals surface area contributed by atoms with Crippen molar-refractivity contribution in [2.75, 3.05) is 5.73 Å². The van der Waals surface area contributed by atoms with E-state index in [0.717, 1.165) is 16.8 Å². The van der Waals surface area contributed by atoms with Crippen LogP contribution in [0.25, 0.3) is 39.3 Å². The number of Topliss-reactive ketones (excluding diaryl/α,β-unsaturated/α-hetero) is 1. The number of hydrogen-bond donors (Lipinski definition) is 2. The number of ketones is 1. The fraction of sp³-hybridized carbons (Fsp3) is 0.0385. The second-order valence-electron chi connectivity index (χ2n) is 7.75. The maximum absolute atomic E-state index is 12.5. The van der Waals surface area contributed by atoms with Crippen molar-refractivity contribution >= 4 is 23.2 Å². The van der Waals surface area contributed by atoms with Crippen LogP contribution in [0.1, 0.15) is 27.6 Å². The number of carboxylic acids is 1. The van der Waals surface area contributed by atoms with Crippen LogP contribution in [-0.2, 0) is 0 Å². The highest BCUT2D eigenvalue weighted by molar-refractivity contribution is 6.05. The summed E-state index contributed by atoms with van der Waals surface area (Å²) in [5, 5.41) is 13.7. The third kappa shape index (κ3) is 3.57. The number of aromatic carboxylic acids is 1. The van der Waals surface area contributed by atoms with Crippen LogP contribution in [0.15, 0.2) is 79.1 Å². The molecule has 0 radical (unpaired) electrons. The highest BCUT2D eigenvalue weighted by Gasteiger charge is 2.22. The van der Waals surface area contributed by atoms with Gasteiger partial charge in [0.15, 0.2) is 11.4 Å². The van der Waals surface area contributed by atoms with E-state index in [9.17, 15) is 14.7 Å². The Morgan fingerprint density at radius 1 is 0.912 bits per heavy atom. The van der Waals surface area contributed by atoms with Gasteiger partial charge in [-0.15, -0.1) is 0 Å². The molecule has 0 unspecified atom stereocenters. The van der Waals surface area contributed by atoms with E-state index in [2.05, 4.69) is 10.1 Å². The summed E-state index contributed by atoms with van der Waals surface area (Å²) < 4.78 is 1.42. The van der Waals surface area contributed by atoms with Crippen LogP contribution >= 0.6 is 0 Å². The molecule has 0 atom stereocenters. The number of carboxylic acid groups (broad SMARTS) is 1. The monoisotopic (exact) mass is 449 g/mol. The molecule has 3 N–H and O–H groups in total. The topological polar surface area (TPSA) is 123 Å². The van der Waals surface area contributed by atoms with Gasteiger partial charge in [-0.2, -0.15) is 9.61 Å². The predicted octanol–water partition coefficient (Wildman–Crippen LogP) is 4.61. The van der Waals surface area contributed by atoms with Crippen LogP contribution in [0.4, 0.5) is 5.82 Å². The third-order valence-electron chi connectivity index (χ3n) is 5.56. The number of benzene rings is 2. The van der Waals surface area contributed by atoms with Gasteiger partial charge in [0.2, 0.25) is 0 Å². The molecule has 0 aliphatic carbocycles. The Bertz CT molecular complexity index is 1560. The quantitative estimate of drug-likeness (QED) is 0.376. The molecule has 3 aromatic heterocycles. The Morgan fingerprint density at radius 3 is 2.35 bits per heavy atom. The van der Waals surface area contributed by atoms with Gasteiger partial charge in [-0.05, 0) is 25.1 Å². The Hall–Kier alpha value is -4.85. The van der Waals surface area contributed by atoms with Crippen LogP contribution in [0.3, 0.4) is 0 Å². The van der Waals surface area contributed by atoms with E-state index in [1.807, 2.05) is 42.5 Å². The zero-order chi connectivity index (χ0) is 23.8. The number of rotatable bonds is 5. The molecule has 0 spiro atoms. The molecule has 0 amide bonds. The minimum absolute atomic E-state index is 0.0849. The van der Waals surface area contributed by atoms with Gasteiger partial charge in [0.25, 0.3) is 0 Å². The number of pyridine rings is 1. The molecule has 2 aromatic carbocycles. The summed E-state index contributed by atoms with van der Waals surface area (Å²) in [7, 11) is 0. The molecule has 0 fully saturated rings. The minimum Gasteiger partial charge on any atom is -0.478 e. The number of carbonyl (C=O) groups is 2. The van der Waals surface area contributed by atoms with Crippen molar-refractivity contribution in [2.24, 2.45) is 0 Å². The third-order valence-corrected chi connectivity index (χ3v) is 5.56. The maximum atomic E-state index is 12.5. The summed E-state index contributed by atoms with van der Waals surface area (Å²) in [4.78, 5) is 33.3. The van der Waals surface area contributed by atoms with Crippen molar-refractivity contribution in [3.05, 3.63) is 90.3 Å². The van der Waals surface area contributed by atoms with E-state index >= 15 is 0 Å². The van der Waals surface area contributed by atoms with Gasteiger partial charge in [0.05, 0.1) is 28.7 Å². The van der Waals surface area contributed by atoms with E-state index in [1.165, 1.54) is 23.6 Å². The molecule has 0 bridgehead atoms. The van der Waals surface area contributed by atoms with Crippen molar-refractivity contribution in [2.45, 2.75) is 6.92 Å². The molecule has 0 saturated heterocycles. The smallest absolute Gasteiger partial charge is 0.335 e. The van der Waals surface area contributed by atoms with Crippen LogP contribution in [0.2, 0.25) is 0 Å². The Kier molecular flexibility index (Phi) is 5.10. The second kappa shape index (κ2) is 8.25. The van der Waals surface area contributed by atoms with Crippen LogP contribution in [-0.4, -0.2) is 36.4 Å². The van der Waals surface area contributed by atoms with Gasteiger partial charge >= 0.3 is 5.97 Å². The van der Waals surface area contributed by atoms with E-state index in [1.54, 1.807) is 24.5 Å². The first kappa shape index (κ1) is 21.0. The molecule has 3 heterocycles. The average Bonchev–Trinajstić information content (AvgIpc) is 3.29. The van der Waals surface area contributed by atoms with Crippen LogP contribution in [0.5, 0.6) is 0 Å². The fourth-order valence-electron chi connectivity index (χ4n) is 3.91. The van der Waals surface area contributed by atoms with Crippen molar-refractivity contribution < 1.29 is 14.7 Å². The zero-order valence-electron chi connectivity index (χ0n) is 18.1. The SMILES string of the molecule is CC(=O)c1c(-c2cccc(C(=O)O)c2)nc2c(-c3ccc(-c4ccccc4)nc3)cnn2c1N. The Morgan fingerprint density at radius 2 is 1.68 bits per heavy atom. The molecular formula is C26H19N5O3. The second-order valence-corrected chi connectivity index (χ2v) is 7.75. The van der Waals surface area contributed by atoms with Gasteiger partial charge in [-0.25, -0.2) is 9.78 Å². The van der Waals surface area contributed by atoms with Crippen molar-refractivity contribution in [3.8, 4) is 33.6 Å². The van der Waals surface area contributed by atoms with Gasteiger partial charge in [-0.1, -0.05) is 48.5 Å². The molecule has 166 valence electrons. The van der Waals surface area contributed by atoms with E-state index < -0.39 is 5.97 Å². The lowest BCUT2D eigenvalue weighted by Crippen LogP contribution is -2.11. The summed E-state index contributed by atoms with van der Waals surface area (Å²) in [6, 6.07) is 19.9. The van der Waals surface area contributed by atoms with Crippen LogP contribution in [0, 0.1) is 0 Å². The zero-order valence-corrected chi connectivity index (χ0v) is 18.1. The molecule has 5 aromatic rings. The molecule has 34 heavy (non-hydrogen) atoms. The first-order valence-corrected chi connectivity index (χ1v) is 10.5. The van der Waals surface area contributed by atoms with Crippen molar-refractivity contribution in [1.82, 2.24) is 19.6 Å². The normalized spacial score (nSPS) is 11.0. The maximum Gasteiger partial charge on any atom is 0.335 e. The number of nitrogen functional groups attached to an aromatic ring is 1. The fourth-order valence-corrected chi connectivity index (χ4v) is 3.91. The molecule has 0 aliphatic rings. The summed E-state index contributed by atoms with van der Waals surface area (Å²) in [5.41, 5.74) is 11.1. The van der Waals surface area contributed by atoms with E-state index in [4.69, 9.17) is 10.7 Å². The highest BCUT2D eigenvalue weighted by atomic mass is 16.4. The van der Waals surface area contributed by atoms with Gasteiger partial charge in [0, 0.05) is 28.5 Å². The summed E-state index contributed by atoms with van der Waals surface area (Å²) >= 11 is 0. The van der Waals surface area contributed by atoms with E-state index in [0.29, 0.717) is 22.5 Å². The summed E-state index contributed by atoms with van der Waals surface area (Å²) in [6.07, 6.45) is 3.36. The number of carbonyl (C=O) groups excluding carboxylic acids is 1. The Balaban J connectivity index is 1.68. The van der Waals surface area contributed by atoms with Crippen molar-refractivity contribution in [3.63, 3.8) is 0 Å². The van der Waals surface area contributed by atoms with Crippen molar-refractivity contribution in [1.29, 1.82) is 0 Å². The number of nitrogens with two attached hydrogens (primary N) is 1. The molecule has 0 saturated carbocycles. The number of aromatic nitrogens is 4. The van der Waals surface area contributed by atoms with Crippen LogP contribution < -0.4 is 5.73 Å². The van der Waals surface area contributed by atoms with Gasteiger partial charge in [-0.3, -0.25) is 9.78 Å². The summed E-state index contributed by atoms with van der Waals surface area (Å²) in [5.74, 6) is -1.24. The number of hydrogen-bond acceptors (Lipinski definition) is 6. The largest absolute Gasteiger partial charge is 0.478 e. The first-order valence-electron chi connectivity index (χ1n) is 10.5. The molecular weight excluding hydrogens is 430 g/mol. The molecule has 5 rings (SSSR count). The first-order chi connectivity index (χ1) is 16.4. The number of anilines is 1. The summed E-state index contributed by atoms with van der Waals surface area (Å²) in [6.45, 7) is 1.39. The Labute approximate surface area is 194 Å². The number of fused-ring (bicyclic) bond motifs is 1. The lowest BCUT2D eigenvalue weighted by atomic mass is 10.0. The molecule has 8 nitrogen and oxygen atoms in total. The van der Waals surface area contributed by atoms with Gasteiger partial charge < -0.3 is 10.8 Å². The standard InChI is InChI=1S/C26H19N5O3/c1-15(32)22-23(17-8-5-9-18(12-17)26(33)34)30-25-20(14-29-31(25)24(22)27)19-10-11-21(28-13-19)16-6-3-2-4-7-16/h2-14H,27H2,1H3,(H,33,34). The average molecular weight is 449 g/mol. The minimum atomic E-state index is -1.07. The lowest BCUT2D eigenvalue weighted by molar-refractivity contribution is 0.0696. The lowest BCUT2D eigenvalue weighted by Gasteiger charge is -2.12. The molecule has 0 aliphatic heterocycles. The van der Waals surface area contributed by atoms with E-state index in [-0.39, 0.29) is 22.7 Å².